The smallest absolute Gasteiger partial charge is 0.223 e. The van der Waals surface area contributed by atoms with Crippen LogP contribution in [0.2, 0.25) is 15.3 Å². The lowest BCUT2D eigenvalue weighted by molar-refractivity contribution is 0.618. The van der Waals surface area contributed by atoms with Gasteiger partial charge in [0.05, 0.1) is 16.2 Å². The predicted molar refractivity (Wildman–Crippen MR) is 62.5 cm³/mol. The summed E-state index contributed by atoms with van der Waals surface area (Å²) in [5.41, 5.74) is 0.592. The molecule has 0 saturated carbocycles. The van der Waals surface area contributed by atoms with Crippen LogP contribution in [0.4, 0.5) is 4.39 Å². The van der Waals surface area contributed by atoms with E-state index in [9.17, 15) is 4.39 Å². The van der Waals surface area contributed by atoms with Crippen LogP contribution in [0.25, 0.3) is 11.3 Å². The zero-order valence-electron chi connectivity index (χ0n) is 7.72. The molecule has 1 aromatic heterocycles. The molecular weight excluding hydrogens is 273 g/mol. The molecule has 0 unspecified atom stereocenters. The van der Waals surface area contributed by atoms with Crippen molar-refractivity contribution in [2.75, 3.05) is 0 Å². The maximum atomic E-state index is 13.4. The van der Waals surface area contributed by atoms with Crippen LogP contribution in [0.1, 0.15) is 0 Å². The molecule has 0 aliphatic carbocycles. The maximum Gasteiger partial charge on any atom is 0.223 e. The SMILES string of the molecule is Fc1cnc(Cl)nc1-c1ccc(Cl)c(Cl)c1. The summed E-state index contributed by atoms with van der Waals surface area (Å²) in [7, 11) is 0. The first-order valence-electron chi connectivity index (χ1n) is 4.21. The van der Waals surface area contributed by atoms with E-state index in [0.717, 1.165) is 6.20 Å². The van der Waals surface area contributed by atoms with Crippen LogP contribution in [0.5, 0.6) is 0 Å². The minimum atomic E-state index is -0.567. The Balaban J connectivity index is 2.58. The van der Waals surface area contributed by atoms with Crippen molar-refractivity contribution < 1.29 is 4.39 Å². The highest BCUT2D eigenvalue weighted by Gasteiger charge is 2.10. The Morgan fingerprint density at radius 1 is 1.06 bits per heavy atom. The molecule has 82 valence electrons. The van der Waals surface area contributed by atoms with Crippen molar-refractivity contribution in [3.8, 4) is 11.3 Å². The molecule has 16 heavy (non-hydrogen) atoms. The zero-order chi connectivity index (χ0) is 11.7. The largest absolute Gasteiger partial charge is 0.223 e. The Labute approximate surface area is 106 Å². The van der Waals surface area contributed by atoms with E-state index in [0.29, 0.717) is 15.6 Å². The molecule has 0 aliphatic rings. The Morgan fingerprint density at radius 3 is 2.50 bits per heavy atom. The van der Waals surface area contributed by atoms with Gasteiger partial charge in [-0.25, -0.2) is 14.4 Å². The second-order valence-electron chi connectivity index (χ2n) is 2.96. The van der Waals surface area contributed by atoms with Crippen molar-refractivity contribution in [2.24, 2.45) is 0 Å². The molecule has 0 aliphatic heterocycles. The first-order chi connectivity index (χ1) is 7.58. The van der Waals surface area contributed by atoms with Crippen LogP contribution in [0.15, 0.2) is 24.4 Å². The highest BCUT2D eigenvalue weighted by molar-refractivity contribution is 6.42. The average molecular weight is 278 g/mol. The Kier molecular flexibility index (Phi) is 3.28. The standard InChI is InChI=1S/C10H4Cl3FN2/c11-6-2-1-5(3-7(6)12)9-8(14)4-15-10(13)16-9/h1-4H. The van der Waals surface area contributed by atoms with Gasteiger partial charge in [0.1, 0.15) is 5.69 Å². The highest BCUT2D eigenvalue weighted by Crippen LogP contribution is 2.28. The number of nitrogens with zero attached hydrogens (tertiary/aromatic N) is 2. The molecule has 6 heteroatoms. The van der Waals surface area contributed by atoms with E-state index in [-0.39, 0.29) is 11.0 Å². The molecule has 0 spiro atoms. The number of aromatic nitrogens is 2. The molecular formula is C10H4Cl3FN2. The number of rotatable bonds is 1. The molecule has 0 atom stereocenters. The molecule has 0 amide bonds. The summed E-state index contributed by atoms with van der Waals surface area (Å²) in [6.07, 6.45) is 1.01. The first-order valence-corrected chi connectivity index (χ1v) is 5.35. The summed E-state index contributed by atoms with van der Waals surface area (Å²) >= 11 is 17.2. The van der Waals surface area contributed by atoms with Gasteiger partial charge in [-0.3, -0.25) is 0 Å². The molecule has 0 radical (unpaired) electrons. The van der Waals surface area contributed by atoms with E-state index in [1.165, 1.54) is 6.07 Å². The van der Waals surface area contributed by atoms with E-state index in [1.807, 2.05) is 0 Å². The average Bonchev–Trinajstić information content (AvgIpc) is 2.26. The van der Waals surface area contributed by atoms with Gasteiger partial charge in [-0.15, -0.1) is 0 Å². The Morgan fingerprint density at radius 2 is 1.81 bits per heavy atom. The second-order valence-corrected chi connectivity index (χ2v) is 4.12. The summed E-state index contributed by atoms with van der Waals surface area (Å²) in [5.74, 6) is -0.567. The minimum absolute atomic E-state index is 0.0255. The van der Waals surface area contributed by atoms with E-state index < -0.39 is 5.82 Å². The summed E-state index contributed by atoms with van der Waals surface area (Å²) in [6.45, 7) is 0. The number of halogens is 4. The first kappa shape index (κ1) is 11.6. The Hall–Kier alpha value is -0.900. The topological polar surface area (TPSA) is 25.8 Å². The number of hydrogen-bond acceptors (Lipinski definition) is 2. The molecule has 1 aromatic carbocycles. The van der Waals surface area contributed by atoms with Crippen LogP contribution >= 0.6 is 34.8 Å². The van der Waals surface area contributed by atoms with E-state index in [4.69, 9.17) is 34.8 Å². The molecule has 2 rings (SSSR count). The molecule has 2 nitrogen and oxygen atoms in total. The van der Waals surface area contributed by atoms with E-state index in [2.05, 4.69) is 9.97 Å². The van der Waals surface area contributed by atoms with Gasteiger partial charge in [0.15, 0.2) is 5.82 Å². The molecule has 0 fully saturated rings. The second kappa shape index (κ2) is 4.53. The summed E-state index contributed by atoms with van der Waals surface area (Å²) < 4.78 is 13.4. The lowest BCUT2D eigenvalue weighted by Crippen LogP contribution is -1.92. The van der Waals surface area contributed by atoms with Gasteiger partial charge < -0.3 is 0 Å². The third-order valence-corrected chi connectivity index (χ3v) is 2.83. The summed E-state index contributed by atoms with van der Waals surface area (Å²) in [4.78, 5) is 7.32. The van der Waals surface area contributed by atoms with Crippen molar-refractivity contribution >= 4 is 34.8 Å². The monoisotopic (exact) mass is 276 g/mol. The summed E-state index contributed by atoms with van der Waals surface area (Å²) in [6, 6.07) is 4.69. The van der Waals surface area contributed by atoms with Crippen LogP contribution in [-0.4, -0.2) is 9.97 Å². The van der Waals surface area contributed by atoms with Crippen LogP contribution in [0, 0.1) is 5.82 Å². The molecule has 1 heterocycles. The molecule has 0 saturated heterocycles. The highest BCUT2D eigenvalue weighted by atomic mass is 35.5. The summed E-state index contributed by atoms with van der Waals surface area (Å²) in [5, 5.41) is 0.696. The Bertz CT molecular complexity index is 546. The van der Waals surface area contributed by atoms with Crippen molar-refractivity contribution in [1.29, 1.82) is 0 Å². The van der Waals surface area contributed by atoms with Crippen LogP contribution in [-0.2, 0) is 0 Å². The fourth-order valence-electron chi connectivity index (χ4n) is 1.19. The lowest BCUT2D eigenvalue weighted by Gasteiger charge is -2.03. The van der Waals surface area contributed by atoms with E-state index in [1.54, 1.807) is 12.1 Å². The zero-order valence-corrected chi connectivity index (χ0v) is 9.98. The quantitative estimate of drug-likeness (QED) is 0.729. The van der Waals surface area contributed by atoms with Crippen LogP contribution < -0.4 is 0 Å². The van der Waals surface area contributed by atoms with Crippen LogP contribution in [0.3, 0.4) is 0 Å². The van der Waals surface area contributed by atoms with Crippen molar-refractivity contribution in [1.82, 2.24) is 9.97 Å². The molecule has 0 bridgehead atoms. The molecule has 2 aromatic rings. The van der Waals surface area contributed by atoms with E-state index >= 15 is 0 Å². The number of benzene rings is 1. The fraction of sp³-hybridized carbons (Fsp3) is 0. The normalized spacial score (nSPS) is 10.5. The third-order valence-electron chi connectivity index (χ3n) is 1.91. The van der Waals surface area contributed by atoms with Crippen molar-refractivity contribution in [3.63, 3.8) is 0 Å². The van der Waals surface area contributed by atoms with Crippen molar-refractivity contribution in [3.05, 3.63) is 45.5 Å². The van der Waals surface area contributed by atoms with Gasteiger partial charge >= 0.3 is 0 Å². The fourth-order valence-corrected chi connectivity index (χ4v) is 1.62. The number of hydrogen-bond donors (Lipinski definition) is 0. The van der Waals surface area contributed by atoms with Crippen molar-refractivity contribution in [2.45, 2.75) is 0 Å². The van der Waals surface area contributed by atoms with Gasteiger partial charge in [-0.1, -0.05) is 29.3 Å². The molecule has 0 N–H and O–H groups in total. The minimum Gasteiger partial charge on any atom is -0.223 e. The predicted octanol–water partition coefficient (Wildman–Crippen LogP) is 4.24. The van der Waals surface area contributed by atoms with Gasteiger partial charge in [-0.05, 0) is 23.7 Å². The van der Waals surface area contributed by atoms with Gasteiger partial charge in [-0.2, -0.15) is 0 Å². The van der Waals surface area contributed by atoms with Gasteiger partial charge in [0.25, 0.3) is 0 Å². The van der Waals surface area contributed by atoms with Gasteiger partial charge in [0, 0.05) is 5.56 Å². The third kappa shape index (κ3) is 2.26. The lowest BCUT2D eigenvalue weighted by atomic mass is 10.1. The van der Waals surface area contributed by atoms with Gasteiger partial charge in [0.2, 0.25) is 5.28 Å². The maximum absolute atomic E-state index is 13.4.